The van der Waals surface area contributed by atoms with Crippen LogP contribution in [0.4, 0.5) is 5.82 Å². The highest BCUT2D eigenvalue weighted by Gasteiger charge is 2.26. The van der Waals surface area contributed by atoms with Gasteiger partial charge in [-0.3, -0.25) is 0 Å². The Morgan fingerprint density at radius 3 is 3.11 bits per heavy atom. The first kappa shape index (κ1) is 13.3. The lowest BCUT2D eigenvalue weighted by Gasteiger charge is -2.19. The minimum absolute atomic E-state index is 0.245. The third kappa shape index (κ3) is 3.66. The summed E-state index contributed by atoms with van der Waals surface area (Å²) in [5, 5.41) is 15.7. The van der Waals surface area contributed by atoms with Crippen LogP contribution in [-0.2, 0) is 6.42 Å². The Balaban J connectivity index is 1.87. The SMILES string of the molecule is Nc1cccc(C[C@H]2CNC[C@@H]2NCCCO)n1. The van der Waals surface area contributed by atoms with Gasteiger partial charge in [-0.05, 0) is 44.0 Å². The molecule has 2 rings (SSSR count). The van der Waals surface area contributed by atoms with Crippen LogP contribution in [-0.4, -0.2) is 42.4 Å². The maximum atomic E-state index is 8.79. The van der Waals surface area contributed by atoms with Gasteiger partial charge in [0, 0.05) is 24.9 Å². The van der Waals surface area contributed by atoms with Crippen LogP contribution < -0.4 is 16.4 Å². The number of nitrogen functional groups attached to an aromatic ring is 1. The van der Waals surface area contributed by atoms with E-state index in [-0.39, 0.29) is 6.61 Å². The largest absolute Gasteiger partial charge is 0.396 e. The topological polar surface area (TPSA) is 83.2 Å². The molecule has 1 aliphatic rings. The Morgan fingerprint density at radius 1 is 1.44 bits per heavy atom. The van der Waals surface area contributed by atoms with Crippen LogP contribution in [0.1, 0.15) is 12.1 Å². The molecule has 0 aliphatic carbocycles. The summed E-state index contributed by atoms with van der Waals surface area (Å²) in [6.45, 7) is 3.10. The summed E-state index contributed by atoms with van der Waals surface area (Å²) in [4.78, 5) is 4.35. The number of aliphatic hydroxyl groups excluding tert-OH is 1. The number of nitrogens with one attached hydrogen (secondary N) is 2. The molecule has 0 bridgehead atoms. The smallest absolute Gasteiger partial charge is 0.123 e. The monoisotopic (exact) mass is 250 g/mol. The molecule has 2 heterocycles. The van der Waals surface area contributed by atoms with Crippen LogP contribution in [0.15, 0.2) is 18.2 Å². The lowest BCUT2D eigenvalue weighted by molar-refractivity contribution is 0.280. The second kappa shape index (κ2) is 6.68. The molecule has 0 radical (unpaired) electrons. The number of aromatic nitrogens is 1. The van der Waals surface area contributed by atoms with Crippen LogP contribution in [0.25, 0.3) is 0 Å². The summed E-state index contributed by atoms with van der Waals surface area (Å²) in [5.41, 5.74) is 6.75. The molecular formula is C13H22N4O. The Kier molecular flexibility index (Phi) is 4.92. The van der Waals surface area contributed by atoms with Crippen LogP contribution >= 0.6 is 0 Å². The molecule has 5 N–H and O–H groups in total. The molecule has 1 aliphatic heterocycles. The van der Waals surface area contributed by atoms with Crippen molar-refractivity contribution in [3.05, 3.63) is 23.9 Å². The van der Waals surface area contributed by atoms with Gasteiger partial charge in [0.1, 0.15) is 5.82 Å². The molecule has 2 atom stereocenters. The van der Waals surface area contributed by atoms with Gasteiger partial charge in [-0.1, -0.05) is 6.07 Å². The molecule has 0 amide bonds. The molecule has 5 heteroatoms. The van der Waals surface area contributed by atoms with E-state index in [0.29, 0.717) is 17.8 Å². The van der Waals surface area contributed by atoms with Gasteiger partial charge in [0.2, 0.25) is 0 Å². The molecule has 1 aromatic rings. The highest BCUT2D eigenvalue weighted by molar-refractivity contribution is 5.29. The lowest BCUT2D eigenvalue weighted by atomic mass is 9.97. The quantitative estimate of drug-likeness (QED) is 0.524. The van der Waals surface area contributed by atoms with Crippen molar-refractivity contribution < 1.29 is 5.11 Å². The second-order valence-electron chi connectivity index (χ2n) is 4.81. The van der Waals surface area contributed by atoms with Crippen molar-refractivity contribution in [2.75, 3.05) is 32.0 Å². The Hall–Kier alpha value is -1.17. The third-order valence-electron chi connectivity index (χ3n) is 3.38. The molecule has 1 fully saturated rings. The number of aliphatic hydroxyl groups is 1. The van der Waals surface area contributed by atoms with E-state index >= 15 is 0 Å². The molecule has 0 aromatic carbocycles. The molecule has 100 valence electrons. The first-order valence-corrected chi connectivity index (χ1v) is 6.56. The van der Waals surface area contributed by atoms with Crippen molar-refractivity contribution in [3.8, 4) is 0 Å². The van der Waals surface area contributed by atoms with E-state index in [4.69, 9.17) is 10.8 Å². The predicted molar refractivity (Wildman–Crippen MR) is 72.2 cm³/mol. The first-order chi connectivity index (χ1) is 8.79. The van der Waals surface area contributed by atoms with Gasteiger partial charge in [-0.2, -0.15) is 0 Å². The summed E-state index contributed by atoms with van der Waals surface area (Å²) in [5.74, 6) is 1.13. The van der Waals surface area contributed by atoms with Gasteiger partial charge >= 0.3 is 0 Å². The average Bonchev–Trinajstić information content (AvgIpc) is 2.77. The van der Waals surface area contributed by atoms with Gasteiger partial charge in [-0.25, -0.2) is 4.98 Å². The van der Waals surface area contributed by atoms with Crippen LogP contribution in [0.2, 0.25) is 0 Å². The minimum Gasteiger partial charge on any atom is -0.396 e. The van der Waals surface area contributed by atoms with E-state index in [0.717, 1.165) is 38.2 Å². The fraction of sp³-hybridized carbons (Fsp3) is 0.615. The van der Waals surface area contributed by atoms with E-state index in [1.165, 1.54) is 0 Å². The highest BCUT2D eigenvalue weighted by atomic mass is 16.3. The summed E-state index contributed by atoms with van der Waals surface area (Å²) >= 11 is 0. The summed E-state index contributed by atoms with van der Waals surface area (Å²) in [6.07, 6.45) is 1.74. The zero-order chi connectivity index (χ0) is 12.8. The van der Waals surface area contributed by atoms with Crippen molar-refractivity contribution in [3.63, 3.8) is 0 Å². The lowest BCUT2D eigenvalue weighted by Crippen LogP contribution is -2.37. The van der Waals surface area contributed by atoms with Crippen molar-refractivity contribution in [1.29, 1.82) is 0 Å². The Labute approximate surface area is 108 Å². The van der Waals surface area contributed by atoms with Gasteiger partial charge in [0.15, 0.2) is 0 Å². The van der Waals surface area contributed by atoms with Crippen molar-refractivity contribution >= 4 is 5.82 Å². The van der Waals surface area contributed by atoms with Crippen molar-refractivity contribution in [1.82, 2.24) is 15.6 Å². The molecule has 0 saturated carbocycles. The zero-order valence-corrected chi connectivity index (χ0v) is 10.6. The summed E-state index contributed by atoms with van der Waals surface area (Å²) in [7, 11) is 0. The second-order valence-corrected chi connectivity index (χ2v) is 4.81. The van der Waals surface area contributed by atoms with Crippen molar-refractivity contribution in [2.45, 2.75) is 18.9 Å². The molecule has 0 unspecified atom stereocenters. The fourth-order valence-electron chi connectivity index (χ4n) is 2.43. The van der Waals surface area contributed by atoms with Gasteiger partial charge in [0.25, 0.3) is 0 Å². The number of hydrogen-bond donors (Lipinski definition) is 4. The maximum Gasteiger partial charge on any atom is 0.123 e. The Morgan fingerprint density at radius 2 is 2.33 bits per heavy atom. The summed E-state index contributed by atoms with van der Waals surface area (Å²) in [6, 6.07) is 6.25. The van der Waals surface area contributed by atoms with Crippen molar-refractivity contribution in [2.24, 2.45) is 5.92 Å². The number of hydrogen-bond acceptors (Lipinski definition) is 5. The third-order valence-corrected chi connectivity index (χ3v) is 3.38. The average molecular weight is 250 g/mol. The first-order valence-electron chi connectivity index (χ1n) is 6.56. The van der Waals surface area contributed by atoms with E-state index in [2.05, 4.69) is 15.6 Å². The van der Waals surface area contributed by atoms with Gasteiger partial charge in [0.05, 0.1) is 0 Å². The molecule has 0 spiro atoms. The molecule has 1 saturated heterocycles. The molecule has 18 heavy (non-hydrogen) atoms. The van der Waals surface area contributed by atoms with E-state index in [9.17, 15) is 0 Å². The fourth-order valence-corrected chi connectivity index (χ4v) is 2.43. The van der Waals surface area contributed by atoms with Crippen LogP contribution in [0.3, 0.4) is 0 Å². The summed E-state index contributed by atoms with van der Waals surface area (Å²) < 4.78 is 0. The maximum absolute atomic E-state index is 8.79. The number of rotatable bonds is 6. The Bertz CT molecular complexity index is 372. The van der Waals surface area contributed by atoms with Crippen LogP contribution in [0.5, 0.6) is 0 Å². The highest BCUT2D eigenvalue weighted by Crippen LogP contribution is 2.15. The van der Waals surface area contributed by atoms with Gasteiger partial charge in [-0.15, -0.1) is 0 Å². The van der Waals surface area contributed by atoms with E-state index in [1.807, 2.05) is 18.2 Å². The number of nitrogens with zero attached hydrogens (tertiary/aromatic N) is 1. The molecule has 5 nitrogen and oxygen atoms in total. The minimum atomic E-state index is 0.245. The standard InChI is InChI=1S/C13H22N4O/c14-13-4-1-3-11(17-13)7-10-8-15-9-12(10)16-5-2-6-18/h1,3-4,10,12,15-16,18H,2,5-9H2,(H2,14,17)/t10-,12-/m0/s1. The zero-order valence-electron chi connectivity index (χ0n) is 10.6. The normalized spacial score (nSPS) is 23.4. The van der Waals surface area contributed by atoms with E-state index in [1.54, 1.807) is 0 Å². The molecular weight excluding hydrogens is 228 g/mol. The molecule has 1 aromatic heterocycles. The number of pyridine rings is 1. The number of anilines is 1. The predicted octanol–water partition coefficient (Wildman–Crippen LogP) is -0.234. The number of nitrogens with two attached hydrogens (primary N) is 1. The van der Waals surface area contributed by atoms with E-state index < -0.39 is 0 Å². The van der Waals surface area contributed by atoms with Crippen LogP contribution in [0, 0.1) is 5.92 Å². The van der Waals surface area contributed by atoms with Gasteiger partial charge < -0.3 is 21.5 Å².